The molecule has 42 heavy (non-hydrogen) atoms. The van der Waals surface area contributed by atoms with E-state index in [2.05, 4.69) is 31.8 Å². The fourth-order valence-electron chi connectivity index (χ4n) is 3.86. The summed E-state index contributed by atoms with van der Waals surface area (Å²) in [5.41, 5.74) is 3.93. The maximum Gasteiger partial charge on any atom is 0.343 e. The van der Waals surface area contributed by atoms with E-state index in [4.69, 9.17) is 18.9 Å². The van der Waals surface area contributed by atoms with Crippen LogP contribution < -0.4 is 29.7 Å². The number of nitrogens with zero attached hydrogens (tertiary/aromatic N) is 1. The van der Waals surface area contributed by atoms with Gasteiger partial charge in [0.25, 0.3) is 11.8 Å². The molecule has 0 saturated carbocycles. The van der Waals surface area contributed by atoms with Crippen LogP contribution in [-0.2, 0) is 0 Å². The van der Waals surface area contributed by atoms with Gasteiger partial charge in [0.1, 0.15) is 5.75 Å². The zero-order chi connectivity index (χ0) is 30.1. The van der Waals surface area contributed by atoms with E-state index in [1.165, 1.54) is 39.7 Å². The number of nitrogens with one attached hydrogen (secondary N) is 2. The molecule has 0 aliphatic carbocycles. The summed E-state index contributed by atoms with van der Waals surface area (Å²) in [6, 6.07) is 23.1. The highest BCUT2D eigenvalue weighted by molar-refractivity contribution is 9.10. The van der Waals surface area contributed by atoms with E-state index in [-0.39, 0.29) is 22.6 Å². The predicted octanol–water partition coefficient (Wildman–Crippen LogP) is 5.71. The molecule has 214 valence electrons. The van der Waals surface area contributed by atoms with Crippen LogP contribution in [-0.4, -0.2) is 45.3 Å². The predicted molar refractivity (Wildman–Crippen MR) is 161 cm³/mol. The summed E-state index contributed by atoms with van der Waals surface area (Å²) in [5, 5.41) is 6.79. The van der Waals surface area contributed by atoms with Crippen molar-refractivity contribution in [1.29, 1.82) is 0 Å². The first-order chi connectivity index (χ1) is 20.3. The van der Waals surface area contributed by atoms with Crippen molar-refractivity contribution in [3.05, 3.63) is 112 Å². The molecule has 0 atom stereocenters. The third-order valence-electron chi connectivity index (χ3n) is 5.90. The molecule has 2 N–H and O–H groups in total. The number of hydrazone groups is 1. The van der Waals surface area contributed by atoms with Crippen LogP contribution in [0.15, 0.2) is 94.5 Å². The molecule has 11 heteroatoms. The van der Waals surface area contributed by atoms with Gasteiger partial charge in [0.05, 0.1) is 44.4 Å². The van der Waals surface area contributed by atoms with Crippen LogP contribution in [0.5, 0.6) is 23.0 Å². The number of anilines is 1. The molecular formula is C31H26BrN3O7. The van der Waals surface area contributed by atoms with Gasteiger partial charge in [-0.1, -0.05) is 46.3 Å². The lowest BCUT2D eigenvalue weighted by molar-refractivity contribution is 0.0733. The highest BCUT2D eigenvalue weighted by Crippen LogP contribution is 2.38. The van der Waals surface area contributed by atoms with Gasteiger partial charge in [-0.05, 0) is 54.6 Å². The number of ether oxygens (including phenoxy) is 4. The summed E-state index contributed by atoms with van der Waals surface area (Å²) in [7, 11) is 4.36. The third-order valence-corrected chi connectivity index (χ3v) is 6.39. The number of hydrogen-bond donors (Lipinski definition) is 2. The van der Waals surface area contributed by atoms with E-state index >= 15 is 0 Å². The lowest BCUT2D eigenvalue weighted by Crippen LogP contribution is -2.21. The summed E-state index contributed by atoms with van der Waals surface area (Å²) in [6.07, 6.45) is 1.35. The first kappa shape index (κ1) is 29.8. The Morgan fingerprint density at radius 2 is 1.40 bits per heavy atom. The second-order valence-electron chi connectivity index (χ2n) is 8.55. The molecule has 0 radical (unpaired) electrons. The highest BCUT2D eigenvalue weighted by Gasteiger charge is 2.19. The first-order valence-electron chi connectivity index (χ1n) is 12.4. The molecule has 0 bridgehead atoms. The van der Waals surface area contributed by atoms with Crippen LogP contribution in [0.3, 0.4) is 0 Å². The Morgan fingerprint density at radius 3 is 2.07 bits per heavy atom. The molecule has 0 aliphatic heterocycles. The second kappa shape index (κ2) is 14.0. The van der Waals surface area contributed by atoms with E-state index in [0.29, 0.717) is 28.4 Å². The lowest BCUT2D eigenvalue weighted by atomic mass is 10.1. The monoisotopic (exact) mass is 631 g/mol. The Labute approximate surface area is 250 Å². The van der Waals surface area contributed by atoms with E-state index in [1.54, 1.807) is 72.8 Å². The molecule has 0 saturated heterocycles. The number of hydrogen-bond acceptors (Lipinski definition) is 8. The van der Waals surface area contributed by atoms with Crippen molar-refractivity contribution in [2.45, 2.75) is 0 Å². The molecule has 2 amide bonds. The topological polar surface area (TPSA) is 125 Å². The number of methoxy groups -OCH3 is 3. The largest absolute Gasteiger partial charge is 0.493 e. The number of para-hydroxylation sites is 1. The molecule has 4 aromatic carbocycles. The molecule has 0 aliphatic rings. The molecule has 0 heterocycles. The number of benzene rings is 4. The number of carbonyl (C=O) groups excluding carboxylic acids is 3. The van der Waals surface area contributed by atoms with Crippen molar-refractivity contribution in [1.82, 2.24) is 5.43 Å². The van der Waals surface area contributed by atoms with Gasteiger partial charge in [-0.25, -0.2) is 10.2 Å². The van der Waals surface area contributed by atoms with Gasteiger partial charge in [-0.15, -0.1) is 0 Å². The average molecular weight is 632 g/mol. The quantitative estimate of drug-likeness (QED) is 0.0994. The lowest BCUT2D eigenvalue weighted by Gasteiger charge is -2.15. The SMILES string of the molecule is COc1cc(C(=O)Nc2ccccc2C(=O)N/N=C\c2cc(Br)ccc2OC(=O)c2ccccc2)cc(OC)c1OC. The van der Waals surface area contributed by atoms with Gasteiger partial charge < -0.3 is 24.3 Å². The van der Waals surface area contributed by atoms with Crippen LogP contribution in [0, 0.1) is 0 Å². The summed E-state index contributed by atoms with van der Waals surface area (Å²) in [5.74, 6) is -0.400. The maximum atomic E-state index is 13.1. The van der Waals surface area contributed by atoms with E-state index in [9.17, 15) is 14.4 Å². The zero-order valence-electron chi connectivity index (χ0n) is 22.8. The minimum Gasteiger partial charge on any atom is -0.493 e. The molecular weight excluding hydrogens is 606 g/mol. The molecule has 4 rings (SSSR count). The third kappa shape index (κ3) is 7.12. The molecule has 10 nitrogen and oxygen atoms in total. The number of esters is 1. The van der Waals surface area contributed by atoms with E-state index in [0.717, 1.165) is 4.47 Å². The second-order valence-corrected chi connectivity index (χ2v) is 9.47. The fourth-order valence-corrected chi connectivity index (χ4v) is 4.24. The van der Waals surface area contributed by atoms with Gasteiger partial charge in [0.15, 0.2) is 11.5 Å². The molecule has 0 fully saturated rings. The van der Waals surface area contributed by atoms with Crippen molar-refractivity contribution in [3.8, 4) is 23.0 Å². The summed E-state index contributed by atoms with van der Waals surface area (Å²) in [6.45, 7) is 0. The van der Waals surface area contributed by atoms with Gasteiger partial charge in [-0.2, -0.15) is 5.10 Å². The number of amides is 2. The summed E-state index contributed by atoms with van der Waals surface area (Å²) < 4.78 is 22.2. The minimum atomic E-state index is -0.579. The van der Waals surface area contributed by atoms with Crippen molar-refractivity contribution < 1.29 is 33.3 Å². The van der Waals surface area contributed by atoms with Crippen molar-refractivity contribution in [2.75, 3.05) is 26.6 Å². The van der Waals surface area contributed by atoms with E-state index in [1.807, 2.05) is 0 Å². The Morgan fingerprint density at radius 1 is 0.738 bits per heavy atom. The average Bonchev–Trinajstić information content (AvgIpc) is 3.01. The molecule has 0 unspecified atom stereocenters. The summed E-state index contributed by atoms with van der Waals surface area (Å²) in [4.78, 5) is 38.7. The van der Waals surface area contributed by atoms with E-state index < -0.39 is 17.8 Å². The fraction of sp³-hybridized carbons (Fsp3) is 0.0968. The smallest absolute Gasteiger partial charge is 0.343 e. The Kier molecular flexibility index (Phi) is 9.90. The van der Waals surface area contributed by atoms with Crippen LogP contribution in [0.2, 0.25) is 0 Å². The van der Waals surface area contributed by atoms with Gasteiger partial charge >= 0.3 is 5.97 Å². The van der Waals surface area contributed by atoms with Gasteiger partial charge in [0.2, 0.25) is 5.75 Å². The minimum absolute atomic E-state index is 0.167. The van der Waals surface area contributed by atoms with Gasteiger partial charge in [0, 0.05) is 15.6 Å². The first-order valence-corrected chi connectivity index (χ1v) is 13.2. The van der Waals surface area contributed by atoms with Crippen LogP contribution in [0.1, 0.15) is 36.6 Å². The van der Waals surface area contributed by atoms with Crippen LogP contribution in [0.4, 0.5) is 5.69 Å². The van der Waals surface area contributed by atoms with Crippen LogP contribution >= 0.6 is 15.9 Å². The normalized spacial score (nSPS) is 10.6. The van der Waals surface area contributed by atoms with Gasteiger partial charge in [-0.3, -0.25) is 9.59 Å². The Balaban J connectivity index is 1.50. The van der Waals surface area contributed by atoms with Crippen LogP contribution in [0.25, 0.3) is 0 Å². The molecule has 0 spiro atoms. The standard InChI is InChI=1S/C31H26BrN3O7/c1-39-26-16-20(17-27(40-2)28(26)41-3)29(36)34-24-12-8-7-11-23(24)30(37)35-33-18-21-15-22(32)13-14-25(21)42-31(38)19-9-5-4-6-10-19/h4-18H,1-3H3,(H,34,36)(H,35,37)/b33-18-. The van der Waals surface area contributed by atoms with Crippen molar-refractivity contribution >= 4 is 45.6 Å². The number of rotatable bonds is 10. The number of halogens is 1. The Bertz CT molecular complexity index is 1620. The molecule has 0 aromatic heterocycles. The molecule has 4 aromatic rings. The highest BCUT2D eigenvalue weighted by atomic mass is 79.9. The maximum absolute atomic E-state index is 13.1. The van der Waals surface area contributed by atoms with Crippen molar-refractivity contribution in [2.24, 2.45) is 5.10 Å². The van der Waals surface area contributed by atoms with Crippen molar-refractivity contribution in [3.63, 3.8) is 0 Å². The zero-order valence-corrected chi connectivity index (χ0v) is 24.4. The Hall–Kier alpha value is -5.16. The summed E-state index contributed by atoms with van der Waals surface area (Å²) >= 11 is 3.39. The number of carbonyl (C=O) groups is 3.